The average molecular weight is 452 g/mol. The van der Waals surface area contributed by atoms with Crippen LogP contribution in [0.4, 0.5) is 10.2 Å². The van der Waals surface area contributed by atoms with E-state index in [1.807, 2.05) is 12.1 Å². The van der Waals surface area contributed by atoms with Crippen molar-refractivity contribution in [3.8, 4) is 5.75 Å². The largest absolute Gasteiger partial charge is 0.480 e. The van der Waals surface area contributed by atoms with Crippen LogP contribution in [-0.2, 0) is 17.9 Å². The van der Waals surface area contributed by atoms with Crippen LogP contribution in [0.1, 0.15) is 12.1 Å². The maximum absolute atomic E-state index is 13.7. The van der Waals surface area contributed by atoms with Crippen molar-refractivity contribution in [2.45, 2.75) is 19.5 Å². The van der Waals surface area contributed by atoms with Gasteiger partial charge < -0.3 is 24.8 Å². The zero-order valence-corrected chi connectivity index (χ0v) is 18.2. The molecule has 5 rings (SSSR count). The smallest absolute Gasteiger partial charge is 0.263 e. The Labute approximate surface area is 190 Å². The highest BCUT2D eigenvalue weighted by molar-refractivity contribution is 5.94. The highest BCUT2D eigenvalue weighted by Crippen LogP contribution is 2.25. The van der Waals surface area contributed by atoms with Gasteiger partial charge in [0.15, 0.2) is 18.2 Å². The summed E-state index contributed by atoms with van der Waals surface area (Å²) in [5.41, 5.74) is 1.38. The van der Waals surface area contributed by atoms with Crippen molar-refractivity contribution >= 4 is 22.6 Å². The van der Waals surface area contributed by atoms with E-state index in [0.29, 0.717) is 36.1 Å². The van der Waals surface area contributed by atoms with Gasteiger partial charge in [-0.05, 0) is 67.2 Å². The second kappa shape index (κ2) is 9.29. The number of rotatable bonds is 7. The molecule has 8 nitrogen and oxygen atoms in total. The molecule has 2 aliphatic heterocycles. The van der Waals surface area contributed by atoms with Gasteiger partial charge in [-0.1, -0.05) is 0 Å². The lowest BCUT2D eigenvalue weighted by atomic mass is 10.1. The summed E-state index contributed by atoms with van der Waals surface area (Å²) in [7, 11) is 0. The minimum Gasteiger partial charge on any atom is -0.480 e. The normalized spacial score (nSPS) is 18.2. The Morgan fingerprint density at radius 1 is 1.15 bits per heavy atom. The number of carbonyl (C=O) groups excluding carboxylic acids is 1. The molecule has 1 amide bonds. The van der Waals surface area contributed by atoms with E-state index in [2.05, 4.69) is 20.5 Å². The summed E-state index contributed by atoms with van der Waals surface area (Å²) in [5.74, 6) is 1.05. The lowest BCUT2D eigenvalue weighted by Crippen LogP contribution is -2.31. The first-order chi connectivity index (χ1) is 16.0. The molecule has 0 aliphatic carbocycles. The molecule has 2 aliphatic rings. The summed E-state index contributed by atoms with van der Waals surface area (Å²) in [5, 5.41) is 7.05. The molecule has 3 aromatic rings. The van der Waals surface area contributed by atoms with Crippen LogP contribution in [0.25, 0.3) is 10.9 Å². The van der Waals surface area contributed by atoms with E-state index < -0.39 is 0 Å². The van der Waals surface area contributed by atoms with Crippen LogP contribution in [0.15, 0.2) is 47.3 Å². The molecule has 1 fully saturated rings. The summed E-state index contributed by atoms with van der Waals surface area (Å²) >= 11 is 0. The van der Waals surface area contributed by atoms with E-state index in [1.54, 1.807) is 22.8 Å². The number of ether oxygens (including phenoxy) is 1. The molecule has 1 aromatic carbocycles. The zero-order chi connectivity index (χ0) is 22.8. The Kier molecular flexibility index (Phi) is 6.06. The predicted octanol–water partition coefficient (Wildman–Crippen LogP) is 1.98. The van der Waals surface area contributed by atoms with Crippen molar-refractivity contribution in [1.82, 2.24) is 19.8 Å². The van der Waals surface area contributed by atoms with Gasteiger partial charge >= 0.3 is 0 Å². The average Bonchev–Trinajstić information content (AvgIpc) is 3.26. The molecular formula is C24H26FN5O3. The number of hydrogen-bond donors (Lipinski definition) is 2. The standard InChI is InChI=1S/C24H26FN5O3/c25-18-3-1-17-2-6-23(32)30(20(17)11-18)10-9-29-8-7-16(14-29)12-26-13-19-4-5-21-24(27-19)28-22(31)15-33-21/h1-6,11,16,26H,7-10,12-15H2,(H,27,28,31)/t16-/m0/s1. The van der Waals surface area contributed by atoms with Gasteiger partial charge in [-0.15, -0.1) is 0 Å². The lowest BCUT2D eigenvalue weighted by Gasteiger charge is -2.19. The van der Waals surface area contributed by atoms with Crippen LogP contribution < -0.4 is 20.9 Å². The van der Waals surface area contributed by atoms with Gasteiger partial charge in [0.2, 0.25) is 0 Å². The molecule has 0 saturated carbocycles. The minimum absolute atomic E-state index is 0.0243. The number of carbonyl (C=O) groups is 1. The van der Waals surface area contributed by atoms with Crippen LogP contribution in [0.2, 0.25) is 0 Å². The second-order valence-corrected chi connectivity index (χ2v) is 8.60. The van der Waals surface area contributed by atoms with Crippen LogP contribution >= 0.6 is 0 Å². The number of halogens is 1. The van der Waals surface area contributed by atoms with Gasteiger partial charge in [-0.25, -0.2) is 9.37 Å². The first-order valence-electron chi connectivity index (χ1n) is 11.2. The molecule has 1 atom stereocenters. The summed E-state index contributed by atoms with van der Waals surface area (Å²) in [6.45, 7) is 4.69. The third-order valence-corrected chi connectivity index (χ3v) is 6.24. The van der Waals surface area contributed by atoms with Crippen molar-refractivity contribution in [1.29, 1.82) is 0 Å². The number of aromatic nitrogens is 2. The summed E-state index contributed by atoms with van der Waals surface area (Å²) < 4.78 is 20.7. The monoisotopic (exact) mass is 451 g/mol. The number of anilines is 1. The first-order valence-corrected chi connectivity index (χ1v) is 11.2. The molecule has 4 heterocycles. The molecule has 0 unspecified atom stereocenters. The zero-order valence-electron chi connectivity index (χ0n) is 18.2. The van der Waals surface area contributed by atoms with Gasteiger partial charge in [-0.2, -0.15) is 0 Å². The van der Waals surface area contributed by atoms with E-state index in [9.17, 15) is 14.0 Å². The topological polar surface area (TPSA) is 88.5 Å². The highest BCUT2D eigenvalue weighted by atomic mass is 19.1. The van der Waals surface area contributed by atoms with Crippen molar-refractivity contribution in [3.05, 3.63) is 64.3 Å². The molecule has 172 valence electrons. The van der Waals surface area contributed by atoms with Crippen LogP contribution in [0.3, 0.4) is 0 Å². The molecule has 0 spiro atoms. The van der Waals surface area contributed by atoms with E-state index >= 15 is 0 Å². The number of likely N-dealkylation sites (tertiary alicyclic amines) is 1. The van der Waals surface area contributed by atoms with Gasteiger partial charge in [0.05, 0.1) is 11.2 Å². The maximum Gasteiger partial charge on any atom is 0.263 e. The number of nitrogens with zero attached hydrogens (tertiary/aromatic N) is 3. The minimum atomic E-state index is -0.336. The highest BCUT2D eigenvalue weighted by Gasteiger charge is 2.22. The van der Waals surface area contributed by atoms with Crippen LogP contribution in [-0.4, -0.2) is 53.1 Å². The van der Waals surface area contributed by atoms with Crippen molar-refractivity contribution in [2.75, 3.05) is 38.1 Å². The predicted molar refractivity (Wildman–Crippen MR) is 123 cm³/mol. The lowest BCUT2D eigenvalue weighted by molar-refractivity contribution is -0.118. The van der Waals surface area contributed by atoms with Crippen LogP contribution in [0.5, 0.6) is 5.75 Å². The SMILES string of the molecule is O=C1COc2ccc(CNC[C@@H]3CCN(CCn4c(=O)ccc5ccc(F)cc54)C3)nc2N1. The number of nitrogens with one attached hydrogen (secondary N) is 2. The van der Waals surface area contributed by atoms with Gasteiger partial charge in [0.1, 0.15) is 5.82 Å². The Bertz CT molecular complexity index is 1240. The van der Waals surface area contributed by atoms with E-state index in [1.165, 1.54) is 12.1 Å². The molecule has 9 heteroatoms. The molecule has 1 saturated heterocycles. The Morgan fingerprint density at radius 2 is 2.03 bits per heavy atom. The third-order valence-electron chi connectivity index (χ3n) is 6.24. The van der Waals surface area contributed by atoms with Crippen molar-refractivity contribution in [2.24, 2.45) is 5.92 Å². The summed E-state index contributed by atoms with van der Waals surface area (Å²) in [6, 6.07) is 11.6. The molecule has 0 radical (unpaired) electrons. The number of hydrogen-bond acceptors (Lipinski definition) is 6. The second-order valence-electron chi connectivity index (χ2n) is 8.60. The fourth-order valence-electron chi connectivity index (χ4n) is 4.52. The van der Waals surface area contributed by atoms with Gasteiger partial charge in [0.25, 0.3) is 11.5 Å². The van der Waals surface area contributed by atoms with Gasteiger partial charge in [0, 0.05) is 32.2 Å². The molecule has 33 heavy (non-hydrogen) atoms. The van der Waals surface area contributed by atoms with Crippen molar-refractivity contribution in [3.63, 3.8) is 0 Å². The molecule has 2 aromatic heterocycles. The molecule has 2 N–H and O–H groups in total. The summed E-state index contributed by atoms with van der Waals surface area (Å²) in [4.78, 5) is 30.6. The first kappa shape index (κ1) is 21.5. The number of amides is 1. The Balaban J connectivity index is 1.12. The number of fused-ring (bicyclic) bond motifs is 2. The summed E-state index contributed by atoms with van der Waals surface area (Å²) in [6.07, 6.45) is 1.08. The quantitative estimate of drug-likeness (QED) is 0.571. The van der Waals surface area contributed by atoms with Crippen molar-refractivity contribution < 1.29 is 13.9 Å². The third kappa shape index (κ3) is 4.89. The Hall–Kier alpha value is -3.30. The van der Waals surface area contributed by atoms with Crippen LogP contribution in [0, 0.1) is 11.7 Å². The fraction of sp³-hybridized carbons (Fsp3) is 0.375. The van der Waals surface area contributed by atoms with Gasteiger partial charge in [-0.3, -0.25) is 9.59 Å². The number of benzene rings is 1. The van der Waals surface area contributed by atoms with E-state index in [0.717, 1.165) is 43.7 Å². The van der Waals surface area contributed by atoms with E-state index in [-0.39, 0.29) is 23.9 Å². The van der Waals surface area contributed by atoms with E-state index in [4.69, 9.17) is 4.74 Å². The fourth-order valence-corrected chi connectivity index (χ4v) is 4.52. The molecule has 0 bridgehead atoms. The number of pyridine rings is 2. The Morgan fingerprint density at radius 3 is 2.94 bits per heavy atom. The molecular weight excluding hydrogens is 425 g/mol. The maximum atomic E-state index is 13.7.